The third kappa shape index (κ3) is 1.66. The first-order chi connectivity index (χ1) is 9.97. The number of phenolic OH excluding ortho intramolecular Hbond substituents is 1. The molecular formula is C14H13N3O4. The Morgan fingerprint density at radius 1 is 1.38 bits per heavy atom. The van der Waals surface area contributed by atoms with Gasteiger partial charge in [-0.1, -0.05) is 0 Å². The highest BCUT2D eigenvalue weighted by molar-refractivity contribution is 5.57. The van der Waals surface area contributed by atoms with Crippen LogP contribution < -0.4 is 5.69 Å². The molecule has 0 saturated carbocycles. The van der Waals surface area contributed by atoms with E-state index < -0.39 is 11.8 Å². The first-order valence-corrected chi connectivity index (χ1v) is 6.43. The second-order valence-electron chi connectivity index (χ2n) is 5.00. The SMILES string of the molecule is Cc1c(-n2c(O)c3n(c2=O)CC[C@H]3O)ccc(C#N)c1O. The van der Waals surface area contributed by atoms with Crippen LogP contribution in [0.25, 0.3) is 5.69 Å². The summed E-state index contributed by atoms with van der Waals surface area (Å²) in [4.78, 5) is 12.4. The molecule has 2 aromatic rings. The zero-order valence-corrected chi connectivity index (χ0v) is 11.2. The molecule has 0 unspecified atom stereocenters. The zero-order valence-electron chi connectivity index (χ0n) is 11.2. The van der Waals surface area contributed by atoms with Gasteiger partial charge in [-0.15, -0.1) is 0 Å². The van der Waals surface area contributed by atoms with E-state index in [0.29, 0.717) is 18.5 Å². The van der Waals surface area contributed by atoms with Gasteiger partial charge in [0.2, 0.25) is 5.88 Å². The van der Waals surface area contributed by atoms with Crippen molar-refractivity contribution >= 4 is 0 Å². The summed E-state index contributed by atoms with van der Waals surface area (Å²) in [6, 6.07) is 4.71. The molecule has 0 bridgehead atoms. The number of phenols is 1. The van der Waals surface area contributed by atoms with Crippen molar-refractivity contribution in [2.45, 2.75) is 26.0 Å². The lowest BCUT2D eigenvalue weighted by Crippen LogP contribution is -2.22. The lowest BCUT2D eigenvalue weighted by atomic mass is 10.1. The molecule has 1 aromatic heterocycles. The molecule has 1 atom stereocenters. The number of nitrogens with zero attached hydrogens (tertiary/aromatic N) is 3. The molecule has 7 nitrogen and oxygen atoms in total. The predicted octanol–water partition coefficient (Wildman–Crippen LogP) is 0.667. The summed E-state index contributed by atoms with van der Waals surface area (Å²) in [5, 5.41) is 38.9. The number of imidazole rings is 1. The molecule has 0 saturated heterocycles. The van der Waals surface area contributed by atoms with E-state index >= 15 is 0 Å². The molecule has 21 heavy (non-hydrogen) atoms. The predicted molar refractivity (Wildman–Crippen MR) is 72.4 cm³/mol. The summed E-state index contributed by atoms with van der Waals surface area (Å²) in [6.45, 7) is 1.88. The Labute approximate surface area is 119 Å². The maximum atomic E-state index is 12.4. The van der Waals surface area contributed by atoms with Gasteiger partial charge in [-0.2, -0.15) is 5.26 Å². The number of aliphatic hydroxyl groups excluding tert-OH is 1. The van der Waals surface area contributed by atoms with Gasteiger partial charge in [-0.05, 0) is 25.5 Å². The number of fused-ring (bicyclic) bond motifs is 1. The first-order valence-electron chi connectivity index (χ1n) is 6.43. The molecule has 0 fully saturated rings. The summed E-state index contributed by atoms with van der Waals surface area (Å²) < 4.78 is 2.35. The van der Waals surface area contributed by atoms with Gasteiger partial charge in [0.05, 0.1) is 11.3 Å². The fourth-order valence-corrected chi connectivity index (χ4v) is 2.72. The van der Waals surface area contributed by atoms with E-state index in [1.807, 2.05) is 6.07 Å². The number of benzene rings is 1. The zero-order chi connectivity index (χ0) is 15.3. The number of aromatic hydroxyl groups is 2. The maximum absolute atomic E-state index is 12.4. The summed E-state index contributed by atoms with van der Waals surface area (Å²) in [6.07, 6.45) is -0.498. The van der Waals surface area contributed by atoms with Crippen LogP contribution in [0.3, 0.4) is 0 Å². The Kier molecular flexibility index (Phi) is 2.78. The molecule has 3 N–H and O–H groups in total. The van der Waals surface area contributed by atoms with E-state index in [1.165, 1.54) is 16.7 Å². The van der Waals surface area contributed by atoms with E-state index in [2.05, 4.69) is 0 Å². The van der Waals surface area contributed by atoms with Crippen molar-refractivity contribution in [2.75, 3.05) is 0 Å². The molecule has 108 valence electrons. The van der Waals surface area contributed by atoms with Crippen LogP contribution in [0.5, 0.6) is 11.6 Å². The minimum atomic E-state index is -0.883. The fourth-order valence-electron chi connectivity index (χ4n) is 2.72. The van der Waals surface area contributed by atoms with E-state index in [0.717, 1.165) is 4.57 Å². The second kappa shape index (κ2) is 4.40. The number of aliphatic hydroxyl groups is 1. The van der Waals surface area contributed by atoms with Crippen LogP contribution in [0.4, 0.5) is 0 Å². The average Bonchev–Trinajstić information content (AvgIpc) is 2.95. The summed E-state index contributed by atoms with van der Waals surface area (Å²) in [7, 11) is 0. The molecule has 7 heteroatoms. The molecular weight excluding hydrogens is 274 g/mol. The third-order valence-corrected chi connectivity index (χ3v) is 3.86. The van der Waals surface area contributed by atoms with Crippen LogP contribution in [0.2, 0.25) is 0 Å². The average molecular weight is 287 g/mol. The molecule has 1 aliphatic rings. The lowest BCUT2D eigenvalue weighted by molar-refractivity contribution is 0.175. The molecule has 1 aromatic carbocycles. The van der Waals surface area contributed by atoms with Crippen LogP contribution in [-0.4, -0.2) is 24.5 Å². The quantitative estimate of drug-likeness (QED) is 0.713. The van der Waals surface area contributed by atoms with Gasteiger partial charge >= 0.3 is 5.69 Å². The second-order valence-corrected chi connectivity index (χ2v) is 5.00. The Hall–Kier alpha value is -2.72. The van der Waals surface area contributed by atoms with E-state index in [1.54, 1.807) is 6.92 Å². The molecule has 3 rings (SSSR count). The molecule has 0 spiro atoms. The number of aromatic nitrogens is 2. The Bertz CT molecular complexity index is 841. The van der Waals surface area contributed by atoms with Crippen molar-refractivity contribution < 1.29 is 15.3 Å². The summed E-state index contributed by atoms with van der Waals surface area (Å²) in [5.74, 6) is -0.564. The maximum Gasteiger partial charge on any atom is 0.336 e. The van der Waals surface area contributed by atoms with Crippen LogP contribution >= 0.6 is 0 Å². The van der Waals surface area contributed by atoms with Crippen molar-refractivity contribution in [3.63, 3.8) is 0 Å². The highest BCUT2D eigenvalue weighted by atomic mass is 16.3. The summed E-state index contributed by atoms with van der Waals surface area (Å²) >= 11 is 0. The van der Waals surface area contributed by atoms with Crippen LogP contribution in [0, 0.1) is 18.3 Å². The minimum Gasteiger partial charge on any atom is -0.506 e. The normalized spacial score (nSPS) is 16.7. The number of hydrogen-bond donors (Lipinski definition) is 3. The summed E-state index contributed by atoms with van der Waals surface area (Å²) in [5.41, 5.74) is 0.387. The highest BCUT2D eigenvalue weighted by Crippen LogP contribution is 2.35. The van der Waals surface area contributed by atoms with Crippen molar-refractivity contribution in [1.82, 2.24) is 9.13 Å². The standard InChI is InChI=1S/C14H13N3O4/c1-7-9(3-2-8(6-15)12(7)19)17-13(20)11-10(18)4-5-16(11)14(17)21/h2-3,10,18-20H,4-5H2,1H3/t10-/m1/s1. The van der Waals surface area contributed by atoms with E-state index in [-0.39, 0.29) is 28.6 Å². The van der Waals surface area contributed by atoms with E-state index in [4.69, 9.17) is 5.26 Å². The van der Waals surface area contributed by atoms with Crippen LogP contribution in [0.1, 0.15) is 29.3 Å². The minimum absolute atomic E-state index is 0.0931. The van der Waals surface area contributed by atoms with Gasteiger partial charge in [0.25, 0.3) is 0 Å². The molecule has 1 aliphatic heterocycles. The molecule has 2 heterocycles. The van der Waals surface area contributed by atoms with Crippen molar-refractivity contribution in [3.05, 3.63) is 39.4 Å². The molecule has 0 radical (unpaired) electrons. The van der Waals surface area contributed by atoms with Gasteiger partial charge in [-0.25, -0.2) is 9.36 Å². The van der Waals surface area contributed by atoms with E-state index in [9.17, 15) is 20.1 Å². The fraction of sp³-hybridized carbons (Fsp3) is 0.286. The van der Waals surface area contributed by atoms with Crippen LogP contribution in [0.15, 0.2) is 16.9 Å². The highest BCUT2D eigenvalue weighted by Gasteiger charge is 2.31. The van der Waals surface area contributed by atoms with Gasteiger partial charge in [-0.3, -0.25) is 4.57 Å². The third-order valence-electron chi connectivity index (χ3n) is 3.86. The first kappa shape index (κ1) is 13.3. The van der Waals surface area contributed by atoms with Crippen molar-refractivity contribution in [3.8, 4) is 23.4 Å². The Morgan fingerprint density at radius 2 is 2.10 bits per heavy atom. The number of nitriles is 1. The van der Waals surface area contributed by atoms with Gasteiger partial charge < -0.3 is 15.3 Å². The van der Waals surface area contributed by atoms with Gasteiger partial charge in [0.15, 0.2) is 0 Å². The molecule has 0 amide bonds. The number of rotatable bonds is 1. The molecule has 0 aliphatic carbocycles. The Balaban J connectivity index is 2.30. The van der Waals surface area contributed by atoms with Gasteiger partial charge in [0, 0.05) is 12.1 Å². The van der Waals surface area contributed by atoms with Crippen molar-refractivity contribution in [2.24, 2.45) is 0 Å². The largest absolute Gasteiger partial charge is 0.506 e. The van der Waals surface area contributed by atoms with Crippen LogP contribution in [-0.2, 0) is 6.54 Å². The topological polar surface area (TPSA) is 111 Å². The lowest BCUT2D eigenvalue weighted by Gasteiger charge is -2.10. The van der Waals surface area contributed by atoms with Gasteiger partial charge in [0.1, 0.15) is 23.6 Å². The monoisotopic (exact) mass is 287 g/mol. The Morgan fingerprint density at radius 3 is 2.71 bits per heavy atom. The number of hydrogen-bond acceptors (Lipinski definition) is 5. The van der Waals surface area contributed by atoms with Crippen molar-refractivity contribution in [1.29, 1.82) is 5.26 Å². The smallest absolute Gasteiger partial charge is 0.336 e.